The molecular formula is C9H18O2. The van der Waals surface area contributed by atoms with Crippen LogP contribution in [0.15, 0.2) is 12.2 Å². The lowest BCUT2D eigenvalue weighted by Crippen LogP contribution is -2.26. The number of methoxy groups -OCH3 is 1. The Labute approximate surface area is 68.9 Å². The van der Waals surface area contributed by atoms with Gasteiger partial charge in [-0.25, -0.2) is 0 Å². The fourth-order valence-corrected chi connectivity index (χ4v) is 0.796. The zero-order valence-electron chi connectivity index (χ0n) is 7.79. The number of hydrogen-bond donors (Lipinski definition) is 1. The minimum atomic E-state index is -0.00250. The van der Waals surface area contributed by atoms with E-state index >= 15 is 0 Å². The highest BCUT2D eigenvalue weighted by Crippen LogP contribution is 2.23. The lowest BCUT2D eigenvalue weighted by atomic mass is 9.87. The summed E-state index contributed by atoms with van der Waals surface area (Å²) in [6, 6.07) is 0. The first kappa shape index (κ1) is 10.7. The summed E-state index contributed by atoms with van der Waals surface area (Å²) in [6.45, 7) is 6.27. The molecule has 0 fully saturated rings. The second-order valence-electron chi connectivity index (χ2n) is 3.28. The molecule has 0 amide bonds. The second kappa shape index (κ2) is 4.52. The largest absolute Gasteiger partial charge is 0.392 e. The maximum atomic E-state index is 8.56. The molecule has 0 aliphatic rings. The van der Waals surface area contributed by atoms with E-state index in [-0.39, 0.29) is 18.1 Å². The van der Waals surface area contributed by atoms with Gasteiger partial charge in [-0.05, 0) is 6.92 Å². The molecule has 2 heteroatoms. The van der Waals surface area contributed by atoms with Crippen molar-refractivity contribution >= 4 is 0 Å². The minimum Gasteiger partial charge on any atom is -0.392 e. The molecule has 0 aliphatic heterocycles. The number of hydrogen-bond acceptors (Lipinski definition) is 2. The smallest absolute Gasteiger partial charge is 0.0628 e. The van der Waals surface area contributed by atoms with Crippen molar-refractivity contribution in [3.8, 4) is 0 Å². The zero-order valence-corrected chi connectivity index (χ0v) is 7.79. The topological polar surface area (TPSA) is 29.5 Å². The van der Waals surface area contributed by atoms with Gasteiger partial charge in [0.2, 0.25) is 0 Å². The molecular weight excluding hydrogens is 140 g/mol. The predicted molar refractivity (Wildman–Crippen MR) is 46.5 cm³/mol. The average Bonchev–Trinajstić information content (AvgIpc) is 1.99. The fourth-order valence-electron chi connectivity index (χ4n) is 0.796. The third-order valence-corrected chi connectivity index (χ3v) is 2.05. The first-order valence-electron chi connectivity index (χ1n) is 3.86. The van der Waals surface area contributed by atoms with Gasteiger partial charge >= 0.3 is 0 Å². The molecule has 1 N–H and O–H groups in total. The number of aliphatic hydroxyl groups excluding tert-OH is 1. The molecule has 11 heavy (non-hydrogen) atoms. The maximum absolute atomic E-state index is 8.56. The maximum Gasteiger partial charge on any atom is 0.0628 e. The Morgan fingerprint density at radius 1 is 1.55 bits per heavy atom. The SMILES string of the molecule is COC(C)C(C)(C)C=CCO. The van der Waals surface area contributed by atoms with Crippen molar-refractivity contribution in [2.75, 3.05) is 13.7 Å². The average molecular weight is 158 g/mol. The zero-order chi connectivity index (χ0) is 8.91. The molecule has 1 unspecified atom stereocenters. The van der Waals surface area contributed by atoms with E-state index in [1.165, 1.54) is 0 Å². The molecule has 2 nitrogen and oxygen atoms in total. The molecule has 0 aromatic carbocycles. The fraction of sp³-hybridized carbons (Fsp3) is 0.778. The third kappa shape index (κ3) is 3.54. The number of aliphatic hydroxyl groups is 1. The van der Waals surface area contributed by atoms with E-state index < -0.39 is 0 Å². The predicted octanol–water partition coefficient (Wildman–Crippen LogP) is 1.60. The van der Waals surface area contributed by atoms with Gasteiger partial charge in [-0.1, -0.05) is 26.0 Å². The molecule has 0 saturated heterocycles. The summed E-state index contributed by atoms with van der Waals surface area (Å²) in [5.74, 6) is 0. The van der Waals surface area contributed by atoms with Crippen LogP contribution in [0.4, 0.5) is 0 Å². The molecule has 0 aromatic rings. The van der Waals surface area contributed by atoms with Crippen LogP contribution in [0, 0.1) is 5.41 Å². The van der Waals surface area contributed by atoms with Crippen LogP contribution in [0.5, 0.6) is 0 Å². The van der Waals surface area contributed by atoms with Crippen LogP contribution in [0.1, 0.15) is 20.8 Å². The first-order valence-corrected chi connectivity index (χ1v) is 3.86. The first-order chi connectivity index (χ1) is 5.04. The normalized spacial score (nSPS) is 15.7. The van der Waals surface area contributed by atoms with Crippen LogP contribution in [-0.4, -0.2) is 24.9 Å². The number of rotatable bonds is 4. The van der Waals surface area contributed by atoms with E-state index in [0.29, 0.717) is 0 Å². The van der Waals surface area contributed by atoms with Crippen molar-refractivity contribution in [2.45, 2.75) is 26.9 Å². The second-order valence-corrected chi connectivity index (χ2v) is 3.28. The Balaban J connectivity index is 4.08. The van der Waals surface area contributed by atoms with Crippen LogP contribution in [0.2, 0.25) is 0 Å². The highest BCUT2D eigenvalue weighted by Gasteiger charge is 2.21. The summed E-state index contributed by atoms with van der Waals surface area (Å²) < 4.78 is 5.18. The van der Waals surface area contributed by atoms with Crippen LogP contribution in [0.25, 0.3) is 0 Å². The Morgan fingerprint density at radius 3 is 2.45 bits per heavy atom. The summed E-state index contributed by atoms with van der Waals surface area (Å²) in [6.07, 6.45) is 3.89. The lowest BCUT2D eigenvalue weighted by Gasteiger charge is -2.26. The van der Waals surface area contributed by atoms with Crippen LogP contribution in [-0.2, 0) is 4.74 Å². The van der Waals surface area contributed by atoms with Gasteiger partial charge in [0, 0.05) is 12.5 Å². The summed E-state index contributed by atoms with van der Waals surface area (Å²) in [5, 5.41) is 8.56. The summed E-state index contributed by atoms with van der Waals surface area (Å²) >= 11 is 0. The molecule has 0 heterocycles. The van der Waals surface area contributed by atoms with E-state index in [1.807, 2.05) is 13.0 Å². The summed E-state index contributed by atoms with van der Waals surface area (Å²) in [7, 11) is 1.69. The summed E-state index contributed by atoms with van der Waals surface area (Å²) in [4.78, 5) is 0. The number of ether oxygens (including phenoxy) is 1. The lowest BCUT2D eigenvalue weighted by molar-refractivity contribution is 0.0461. The van der Waals surface area contributed by atoms with Gasteiger partial charge in [-0.2, -0.15) is 0 Å². The molecule has 0 aliphatic carbocycles. The van der Waals surface area contributed by atoms with Crippen molar-refractivity contribution in [1.82, 2.24) is 0 Å². The van der Waals surface area contributed by atoms with E-state index in [0.717, 1.165) is 0 Å². The van der Waals surface area contributed by atoms with Crippen molar-refractivity contribution in [3.63, 3.8) is 0 Å². The van der Waals surface area contributed by atoms with Gasteiger partial charge < -0.3 is 9.84 Å². The van der Waals surface area contributed by atoms with Crippen LogP contribution < -0.4 is 0 Å². The summed E-state index contributed by atoms with van der Waals surface area (Å²) in [5.41, 5.74) is -0.00250. The van der Waals surface area contributed by atoms with Crippen LogP contribution >= 0.6 is 0 Å². The molecule has 0 spiro atoms. The molecule has 0 radical (unpaired) electrons. The van der Waals surface area contributed by atoms with Gasteiger partial charge in [0.25, 0.3) is 0 Å². The monoisotopic (exact) mass is 158 g/mol. The molecule has 1 atom stereocenters. The standard InChI is InChI=1S/C9H18O2/c1-8(11-4)9(2,3)6-5-7-10/h5-6,8,10H,7H2,1-4H3. The van der Waals surface area contributed by atoms with Crippen LogP contribution in [0.3, 0.4) is 0 Å². The van der Waals surface area contributed by atoms with Crippen molar-refractivity contribution < 1.29 is 9.84 Å². The van der Waals surface area contributed by atoms with Gasteiger partial charge in [0.05, 0.1) is 12.7 Å². The van der Waals surface area contributed by atoms with Gasteiger partial charge in [-0.3, -0.25) is 0 Å². The molecule has 0 rings (SSSR count). The van der Waals surface area contributed by atoms with Gasteiger partial charge in [0.1, 0.15) is 0 Å². The van der Waals surface area contributed by atoms with E-state index in [1.54, 1.807) is 13.2 Å². The molecule has 0 saturated carbocycles. The van der Waals surface area contributed by atoms with Crippen molar-refractivity contribution in [2.24, 2.45) is 5.41 Å². The Kier molecular flexibility index (Phi) is 4.38. The highest BCUT2D eigenvalue weighted by molar-refractivity contribution is 4.97. The Bertz CT molecular complexity index is 128. The minimum absolute atomic E-state index is 0.00250. The van der Waals surface area contributed by atoms with Crippen molar-refractivity contribution in [3.05, 3.63) is 12.2 Å². The van der Waals surface area contributed by atoms with Crippen molar-refractivity contribution in [1.29, 1.82) is 0 Å². The molecule has 0 aromatic heterocycles. The molecule has 0 bridgehead atoms. The van der Waals surface area contributed by atoms with Gasteiger partial charge in [-0.15, -0.1) is 0 Å². The van der Waals surface area contributed by atoms with E-state index in [2.05, 4.69) is 13.8 Å². The Hall–Kier alpha value is -0.340. The highest BCUT2D eigenvalue weighted by atomic mass is 16.5. The Morgan fingerprint density at radius 2 is 2.09 bits per heavy atom. The quantitative estimate of drug-likeness (QED) is 0.630. The van der Waals surface area contributed by atoms with Gasteiger partial charge in [0.15, 0.2) is 0 Å². The van der Waals surface area contributed by atoms with E-state index in [9.17, 15) is 0 Å². The third-order valence-electron chi connectivity index (χ3n) is 2.05. The molecule has 66 valence electrons. The van der Waals surface area contributed by atoms with E-state index in [4.69, 9.17) is 9.84 Å².